The fourth-order valence-electron chi connectivity index (χ4n) is 1.64. The molecule has 3 N–H and O–H groups in total. The topological polar surface area (TPSA) is 49.5 Å². The lowest BCUT2D eigenvalue weighted by Crippen LogP contribution is -2.36. The second-order valence-corrected chi connectivity index (χ2v) is 5.55. The number of likely N-dealkylation sites (N-methyl/N-ethyl adjacent to an activating group) is 1. The van der Waals surface area contributed by atoms with Gasteiger partial charge < -0.3 is 15.7 Å². The van der Waals surface area contributed by atoms with E-state index < -0.39 is 5.60 Å². The Labute approximate surface area is 112 Å². The molecule has 0 saturated heterocycles. The summed E-state index contributed by atoms with van der Waals surface area (Å²) >= 11 is 11.0. The van der Waals surface area contributed by atoms with Gasteiger partial charge in [0.1, 0.15) is 4.99 Å². The van der Waals surface area contributed by atoms with Gasteiger partial charge in [0.25, 0.3) is 0 Å². The van der Waals surface area contributed by atoms with Crippen molar-refractivity contribution in [1.29, 1.82) is 0 Å². The van der Waals surface area contributed by atoms with Crippen LogP contribution in [0, 0.1) is 0 Å². The predicted octanol–water partition coefficient (Wildman–Crippen LogP) is 2.18. The minimum absolute atomic E-state index is 0.323. The summed E-state index contributed by atoms with van der Waals surface area (Å²) in [6, 6.07) is 5.41. The number of nitrogens with zero attached hydrogens (tertiary/aromatic N) is 1. The number of rotatable bonds is 4. The zero-order valence-corrected chi connectivity index (χ0v) is 11.8. The van der Waals surface area contributed by atoms with E-state index in [4.69, 9.17) is 29.6 Å². The van der Waals surface area contributed by atoms with Gasteiger partial charge in [-0.15, -0.1) is 0 Å². The molecule has 0 aliphatic carbocycles. The van der Waals surface area contributed by atoms with Gasteiger partial charge >= 0.3 is 0 Å². The Morgan fingerprint density at radius 3 is 2.53 bits per heavy atom. The van der Waals surface area contributed by atoms with Crippen molar-refractivity contribution in [2.24, 2.45) is 5.73 Å². The fourth-order valence-corrected chi connectivity index (χ4v) is 2.09. The number of aliphatic hydroxyl groups is 1. The Balaban J connectivity index is 2.96. The van der Waals surface area contributed by atoms with E-state index >= 15 is 0 Å². The SMILES string of the molecule is CN(CC(C)(C)O)c1ccc(C(N)=S)cc1Cl. The summed E-state index contributed by atoms with van der Waals surface area (Å²) in [5, 5.41) is 10.3. The van der Waals surface area contributed by atoms with Gasteiger partial charge in [0.15, 0.2) is 0 Å². The number of benzene rings is 1. The first-order chi connectivity index (χ1) is 7.70. The van der Waals surface area contributed by atoms with Crippen LogP contribution in [-0.2, 0) is 0 Å². The molecule has 0 fully saturated rings. The number of thiocarbonyl (C=S) groups is 1. The van der Waals surface area contributed by atoms with Crippen LogP contribution in [0.4, 0.5) is 5.69 Å². The monoisotopic (exact) mass is 272 g/mol. The summed E-state index contributed by atoms with van der Waals surface area (Å²) in [5.41, 5.74) is 6.33. The summed E-state index contributed by atoms with van der Waals surface area (Å²) in [7, 11) is 1.87. The fraction of sp³-hybridized carbons (Fsp3) is 0.417. The first-order valence-electron chi connectivity index (χ1n) is 5.23. The molecule has 0 amide bonds. The Morgan fingerprint density at radius 2 is 2.12 bits per heavy atom. The van der Waals surface area contributed by atoms with Crippen molar-refractivity contribution in [1.82, 2.24) is 0 Å². The molecule has 0 aliphatic rings. The van der Waals surface area contributed by atoms with Crippen LogP contribution in [-0.4, -0.2) is 29.3 Å². The number of nitrogens with two attached hydrogens (primary N) is 1. The van der Waals surface area contributed by atoms with Gasteiger partial charge in [-0.25, -0.2) is 0 Å². The molecular weight excluding hydrogens is 256 g/mol. The van der Waals surface area contributed by atoms with Gasteiger partial charge in [0.05, 0.1) is 16.3 Å². The van der Waals surface area contributed by atoms with Crippen LogP contribution >= 0.6 is 23.8 Å². The van der Waals surface area contributed by atoms with E-state index in [2.05, 4.69) is 0 Å². The average molecular weight is 273 g/mol. The number of hydrogen-bond donors (Lipinski definition) is 2. The smallest absolute Gasteiger partial charge is 0.104 e. The van der Waals surface area contributed by atoms with Gasteiger partial charge in [-0.05, 0) is 32.0 Å². The molecule has 1 aromatic carbocycles. The molecule has 0 radical (unpaired) electrons. The van der Waals surface area contributed by atoms with Crippen molar-refractivity contribution >= 4 is 34.5 Å². The summed E-state index contributed by atoms with van der Waals surface area (Å²) in [5.74, 6) is 0. The van der Waals surface area contributed by atoms with Gasteiger partial charge in [0, 0.05) is 19.2 Å². The van der Waals surface area contributed by atoms with E-state index in [0.29, 0.717) is 16.6 Å². The Hall–Kier alpha value is -0.840. The first kappa shape index (κ1) is 14.2. The van der Waals surface area contributed by atoms with E-state index in [1.807, 2.05) is 24.1 Å². The van der Waals surface area contributed by atoms with Crippen LogP contribution in [0.2, 0.25) is 5.02 Å². The number of anilines is 1. The van der Waals surface area contributed by atoms with Crippen molar-refractivity contribution in [3.05, 3.63) is 28.8 Å². The highest BCUT2D eigenvalue weighted by Crippen LogP contribution is 2.27. The lowest BCUT2D eigenvalue weighted by Gasteiger charge is -2.28. The van der Waals surface area contributed by atoms with Gasteiger partial charge in [-0.2, -0.15) is 0 Å². The van der Waals surface area contributed by atoms with Gasteiger partial charge in [0.2, 0.25) is 0 Å². The predicted molar refractivity (Wildman–Crippen MR) is 76.9 cm³/mol. The number of halogens is 1. The van der Waals surface area contributed by atoms with Crippen LogP contribution in [0.5, 0.6) is 0 Å². The highest BCUT2D eigenvalue weighted by molar-refractivity contribution is 7.80. The maximum Gasteiger partial charge on any atom is 0.104 e. The van der Waals surface area contributed by atoms with Crippen molar-refractivity contribution in [2.75, 3.05) is 18.5 Å². The van der Waals surface area contributed by atoms with Gasteiger partial charge in [-0.3, -0.25) is 0 Å². The molecule has 1 rings (SSSR count). The molecule has 0 aromatic heterocycles. The lowest BCUT2D eigenvalue weighted by molar-refractivity contribution is 0.0886. The summed E-state index contributed by atoms with van der Waals surface area (Å²) in [6.45, 7) is 3.99. The third-order valence-corrected chi connectivity index (χ3v) is 2.81. The number of hydrogen-bond acceptors (Lipinski definition) is 3. The molecule has 0 unspecified atom stereocenters. The molecule has 1 aromatic rings. The normalized spacial score (nSPS) is 11.4. The standard InChI is InChI=1S/C12H17ClN2OS/c1-12(2,16)7-15(3)10-5-4-8(11(14)17)6-9(10)13/h4-6,16H,7H2,1-3H3,(H2,14,17). The van der Waals surface area contributed by atoms with E-state index in [1.54, 1.807) is 19.9 Å². The Bertz CT molecular complexity index is 429. The third kappa shape index (κ3) is 4.15. The van der Waals surface area contributed by atoms with Crippen molar-refractivity contribution in [2.45, 2.75) is 19.4 Å². The van der Waals surface area contributed by atoms with Crippen LogP contribution < -0.4 is 10.6 Å². The minimum Gasteiger partial charge on any atom is -0.389 e. The van der Waals surface area contributed by atoms with E-state index in [9.17, 15) is 5.11 Å². The molecule has 0 spiro atoms. The summed E-state index contributed by atoms with van der Waals surface area (Å²) in [6.07, 6.45) is 0. The largest absolute Gasteiger partial charge is 0.389 e. The van der Waals surface area contributed by atoms with Crippen LogP contribution in [0.3, 0.4) is 0 Å². The average Bonchev–Trinajstić information content (AvgIpc) is 2.14. The second-order valence-electron chi connectivity index (χ2n) is 4.70. The van der Waals surface area contributed by atoms with Crippen LogP contribution in [0.15, 0.2) is 18.2 Å². The third-order valence-electron chi connectivity index (χ3n) is 2.27. The maximum atomic E-state index is 9.76. The Morgan fingerprint density at radius 1 is 1.53 bits per heavy atom. The maximum absolute atomic E-state index is 9.76. The van der Waals surface area contributed by atoms with Gasteiger partial charge in [-0.1, -0.05) is 23.8 Å². The summed E-state index contributed by atoms with van der Waals surface area (Å²) < 4.78 is 0. The molecule has 0 atom stereocenters. The molecule has 94 valence electrons. The van der Waals surface area contributed by atoms with E-state index in [0.717, 1.165) is 11.3 Å². The Kier molecular flexibility index (Phi) is 4.36. The highest BCUT2D eigenvalue weighted by atomic mass is 35.5. The van der Waals surface area contributed by atoms with E-state index in [-0.39, 0.29) is 0 Å². The minimum atomic E-state index is -0.778. The highest BCUT2D eigenvalue weighted by Gasteiger charge is 2.17. The molecule has 0 heterocycles. The quantitative estimate of drug-likeness (QED) is 0.825. The molecule has 0 aliphatic heterocycles. The van der Waals surface area contributed by atoms with Crippen molar-refractivity contribution < 1.29 is 5.11 Å². The van der Waals surface area contributed by atoms with Crippen LogP contribution in [0.25, 0.3) is 0 Å². The van der Waals surface area contributed by atoms with Crippen molar-refractivity contribution in [3.63, 3.8) is 0 Å². The second kappa shape index (κ2) is 5.21. The molecule has 5 heteroatoms. The van der Waals surface area contributed by atoms with E-state index in [1.165, 1.54) is 0 Å². The zero-order valence-electron chi connectivity index (χ0n) is 10.2. The first-order valence-corrected chi connectivity index (χ1v) is 6.02. The lowest BCUT2D eigenvalue weighted by atomic mass is 10.1. The van der Waals surface area contributed by atoms with Crippen molar-refractivity contribution in [3.8, 4) is 0 Å². The molecular formula is C12H17ClN2OS. The molecule has 17 heavy (non-hydrogen) atoms. The molecule has 0 saturated carbocycles. The zero-order chi connectivity index (χ0) is 13.2. The van der Waals surface area contributed by atoms with Crippen LogP contribution in [0.1, 0.15) is 19.4 Å². The molecule has 3 nitrogen and oxygen atoms in total. The summed E-state index contributed by atoms with van der Waals surface area (Å²) in [4.78, 5) is 2.22. The molecule has 0 bridgehead atoms.